The van der Waals surface area contributed by atoms with Gasteiger partial charge in [-0.15, -0.1) is 0 Å². The molecule has 156 valence electrons. The fourth-order valence-electron chi connectivity index (χ4n) is 3.28. The first-order valence-corrected chi connectivity index (χ1v) is 14.5. The predicted octanol–water partition coefficient (Wildman–Crippen LogP) is 4.92. The summed E-state index contributed by atoms with van der Waals surface area (Å²) >= 11 is 3.66. The summed E-state index contributed by atoms with van der Waals surface area (Å²) in [6.45, 7) is 7.97. The fraction of sp³-hybridized carbons (Fsp3) is 0.619. The molecule has 0 N–H and O–H groups in total. The number of aryl methyl sites for hydroxylation is 1. The Bertz CT molecular complexity index is 859. The predicted molar refractivity (Wildman–Crippen MR) is 120 cm³/mol. The molecule has 0 radical (unpaired) electrons. The molecule has 1 aliphatic carbocycles. The summed E-state index contributed by atoms with van der Waals surface area (Å²) in [6.07, 6.45) is 6.74. The maximum Gasteiger partial charge on any atom is 0.134 e. The van der Waals surface area contributed by atoms with Gasteiger partial charge in [-0.3, -0.25) is 0 Å². The van der Waals surface area contributed by atoms with Crippen molar-refractivity contribution in [3.8, 4) is 17.5 Å². The van der Waals surface area contributed by atoms with Crippen LogP contribution in [0.5, 0.6) is 0 Å². The lowest BCUT2D eigenvalue weighted by Crippen LogP contribution is -2.11. The molecule has 0 aliphatic heterocycles. The van der Waals surface area contributed by atoms with E-state index in [-0.39, 0.29) is 5.92 Å². The molecule has 0 amide bonds. The van der Waals surface area contributed by atoms with E-state index < -0.39 is 8.80 Å². The van der Waals surface area contributed by atoms with Gasteiger partial charge in [0.05, 0.1) is 11.8 Å². The summed E-state index contributed by atoms with van der Waals surface area (Å²) in [5.41, 5.74) is 1.81. The summed E-state index contributed by atoms with van der Waals surface area (Å²) in [7, 11) is -0.524. The van der Waals surface area contributed by atoms with Crippen molar-refractivity contribution in [2.24, 2.45) is 5.92 Å². The van der Waals surface area contributed by atoms with E-state index in [1.165, 1.54) is 18.9 Å². The van der Waals surface area contributed by atoms with E-state index in [0.717, 1.165) is 47.1 Å². The van der Waals surface area contributed by atoms with Crippen molar-refractivity contribution in [2.75, 3.05) is 6.61 Å². The zero-order chi connectivity index (χ0) is 20.8. The van der Waals surface area contributed by atoms with Crippen molar-refractivity contribution < 1.29 is 4.74 Å². The number of imidazole rings is 1. The highest BCUT2D eigenvalue weighted by Crippen LogP contribution is 2.42. The van der Waals surface area contributed by atoms with Crippen molar-refractivity contribution in [1.82, 2.24) is 19.5 Å². The number of rotatable bonds is 11. The number of hydrogen-bond donors (Lipinski definition) is 0. The number of nitrogens with zero attached hydrogens (tertiary/aromatic N) is 5. The molecule has 29 heavy (non-hydrogen) atoms. The van der Waals surface area contributed by atoms with E-state index in [4.69, 9.17) is 20.0 Å². The van der Waals surface area contributed by atoms with Gasteiger partial charge in [-0.05, 0) is 54.6 Å². The van der Waals surface area contributed by atoms with Crippen molar-refractivity contribution in [3.05, 3.63) is 28.5 Å². The molecule has 0 saturated heterocycles. The molecular formula is C21H30BrN5OSi. The second-order valence-corrected chi connectivity index (χ2v) is 12.4. The van der Waals surface area contributed by atoms with Crippen LogP contribution in [-0.2, 0) is 17.9 Å². The van der Waals surface area contributed by atoms with E-state index in [9.17, 15) is 0 Å². The summed E-state index contributed by atoms with van der Waals surface area (Å²) in [5, 5.41) is 9.01. The van der Waals surface area contributed by atoms with Gasteiger partial charge in [0.15, 0.2) is 0 Å². The Morgan fingerprint density at radius 2 is 2.17 bits per heavy atom. The average molecular weight is 476 g/mol. The van der Waals surface area contributed by atoms with Gasteiger partial charge in [0.1, 0.15) is 28.7 Å². The highest BCUT2D eigenvalue weighted by atomic mass is 79.9. The van der Waals surface area contributed by atoms with Gasteiger partial charge in [-0.25, -0.2) is 15.0 Å². The minimum Gasteiger partial charge on any atom is -0.361 e. The number of hydrogen-bond acceptors (Lipinski definition) is 5. The fourth-order valence-corrected chi connectivity index (χ4v) is 4.86. The number of halogens is 1. The molecule has 2 aromatic rings. The van der Waals surface area contributed by atoms with Gasteiger partial charge in [-0.1, -0.05) is 19.1 Å². The van der Waals surface area contributed by atoms with E-state index in [1.54, 1.807) is 6.20 Å². The van der Waals surface area contributed by atoms with Gasteiger partial charge in [-0.2, -0.15) is 5.26 Å². The van der Waals surface area contributed by atoms with Crippen LogP contribution in [0.4, 0.5) is 0 Å². The van der Waals surface area contributed by atoms with Gasteiger partial charge in [0.25, 0.3) is 0 Å². The van der Waals surface area contributed by atoms with Crippen LogP contribution in [0.3, 0.4) is 0 Å². The van der Waals surface area contributed by atoms with E-state index in [0.29, 0.717) is 19.1 Å². The normalized spacial score (nSPS) is 14.9. The zero-order valence-electron chi connectivity index (χ0n) is 17.6. The zero-order valence-corrected chi connectivity index (χ0v) is 20.3. The van der Waals surface area contributed by atoms with Crippen LogP contribution in [0, 0.1) is 17.2 Å². The number of ether oxygens (including phenoxy) is 1. The molecule has 1 aliphatic rings. The molecule has 0 aromatic carbocycles. The summed E-state index contributed by atoms with van der Waals surface area (Å²) in [6, 6.07) is 5.51. The van der Waals surface area contributed by atoms with Crippen molar-refractivity contribution >= 4 is 24.7 Å². The molecule has 1 fully saturated rings. The molecule has 1 atom stereocenters. The monoisotopic (exact) mass is 475 g/mol. The largest absolute Gasteiger partial charge is 0.361 e. The van der Waals surface area contributed by atoms with Crippen molar-refractivity contribution in [1.29, 1.82) is 5.26 Å². The smallest absolute Gasteiger partial charge is 0.134 e. The second kappa shape index (κ2) is 10.5. The minimum atomic E-state index is -0.524. The number of aromatic nitrogens is 4. The van der Waals surface area contributed by atoms with Crippen LogP contribution >= 0.6 is 15.9 Å². The molecule has 8 heteroatoms. The van der Waals surface area contributed by atoms with Crippen molar-refractivity contribution in [3.63, 3.8) is 0 Å². The maximum atomic E-state index is 9.01. The van der Waals surface area contributed by atoms with Crippen molar-refractivity contribution in [2.45, 2.75) is 70.8 Å². The summed E-state index contributed by atoms with van der Waals surface area (Å²) in [4.78, 5) is 14.0. The summed E-state index contributed by atoms with van der Waals surface area (Å²) in [5.74, 6) is 2.37. The first-order valence-electron chi connectivity index (χ1n) is 10.5. The van der Waals surface area contributed by atoms with Gasteiger partial charge in [0, 0.05) is 39.9 Å². The Labute approximate surface area is 183 Å². The van der Waals surface area contributed by atoms with Crippen LogP contribution < -0.4 is 0 Å². The maximum absolute atomic E-state index is 9.01. The Hall–Kier alpha value is -1.56. The van der Waals surface area contributed by atoms with E-state index in [2.05, 4.69) is 44.6 Å². The Morgan fingerprint density at radius 1 is 1.38 bits per heavy atom. The van der Waals surface area contributed by atoms with Gasteiger partial charge < -0.3 is 9.30 Å². The van der Waals surface area contributed by atoms with Crippen LogP contribution in [-0.4, -0.2) is 34.9 Å². The third-order valence-electron chi connectivity index (χ3n) is 5.16. The molecule has 6 nitrogen and oxygen atoms in total. The molecule has 2 heterocycles. The second-order valence-electron chi connectivity index (χ2n) is 8.31. The highest BCUT2D eigenvalue weighted by Gasteiger charge is 2.31. The third kappa shape index (κ3) is 6.21. The summed E-state index contributed by atoms with van der Waals surface area (Å²) < 4.78 is 9.02. The van der Waals surface area contributed by atoms with Crippen LogP contribution in [0.25, 0.3) is 11.4 Å². The molecule has 0 spiro atoms. The molecule has 3 rings (SSSR count). The Morgan fingerprint density at radius 3 is 2.86 bits per heavy atom. The Kier molecular flexibility index (Phi) is 7.98. The topological polar surface area (TPSA) is 76.6 Å². The number of nitriles is 1. The SMILES string of the molecule is CC(C#N)CCc1nccc(-c2c(Br)nc(C3CC3)n2COCCC[SiH](C)C)n1. The minimum absolute atomic E-state index is 0.00305. The highest BCUT2D eigenvalue weighted by molar-refractivity contribution is 9.10. The molecule has 2 aromatic heterocycles. The molecule has 0 bridgehead atoms. The average Bonchev–Trinajstić information content (AvgIpc) is 3.49. The Balaban J connectivity index is 1.78. The van der Waals surface area contributed by atoms with E-state index >= 15 is 0 Å². The molecule has 1 unspecified atom stereocenters. The third-order valence-corrected chi connectivity index (χ3v) is 7.27. The van der Waals surface area contributed by atoms with Crippen LogP contribution in [0.1, 0.15) is 50.2 Å². The lowest BCUT2D eigenvalue weighted by atomic mass is 10.1. The standard InChI is InChI=1S/C21H30BrN5OSi/c1-15(13-23)5-8-18-24-10-9-17(25-18)19-20(22)26-21(16-6-7-16)27(19)14-28-11-4-12-29(2)3/h9-10,15-16,29H,4-8,11-12,14H2,1-3H3. The quantitative estimate of drug-likeness (QED) is 0.340. The van der Waals surface area contributed by atoms with Gasteiger partial charge >= 0.3 is 0 Å². The van der Waals surface area contributed by atoms with E-state index in [1.807, 2.05) is 13.0 Å². The molecule has 1 saturated carbocycles. The lowest BCUT2D eigenvalue weighted by molar-refractivity contribution is 0.0764. The van der Waals surface area contributed by atoms with Crippen LogP contribution in [0.2, 0.25) is 19.1 Å². The first kappa shape index (κ1) is 22.1. The molecular weight excluding hydrogens is 446 g/mol. The lowest BCUT2D eigenvalue weighted by Gasteiger charge is -2.13. The van der Waals surface area contributed by atoms with Gasteiger partial charge in [0.2, 0.25) is 0 Å². The van der Waals surface area contributed by atoms with Crippen LogP contribution in [0.15, 0.2) is 16.9 Å². The first-order chi connectivity index (χ1) is 14.0.